The highest BCUT2D eigenvalue weighted by atomic mass is 16.7. The molecule has 11 heteroatoms. The quantitative estimate of drug-likeness (QED) is 0.0215. The van der Waals surface area contributed by atoms with Crippen LogP contribution < -0.4 is 5.32 Å². The molecule has 1 heterocycles. The molecule has 1 saturated heterocycles. The first-order chi connectivity index (χ1) is 34.7. The van der Waals surface area contributed by atoms with E-state index in [-0.39, 0.29) is 6.42 Å². The van der Waals surface area contributed by atoms with E-state index in [2.05, 4.69) is 43.5 Å². The van der Waals surface area contributed by atoms with Crippen LogP contribution >= 0.6 is 0 Å². The molecule has 0 aliphatic carbocycles. The summed E-state index contributed by atoms with van der Waals surface area (Å²) in [5.41, 5.74) is 0. The van der Waals surface area contributed by atoms with Crippen molar-refractivity contribution in [1.82, 2.24) is 5.32 Å². The van der Waals surface area contributed by atoms with E-state index in [0.717, 1.165) is 51.4 Å². The highest BCUT2D eigenvalue weighted by molar-refractivity contribution is 5.80. The van der Waals surface area contributed by atoms with Gasteiger partial charge in [0.25, 0.3) is 0 Å². The molecular formula is C60H115NO10. The van der Waals surface area contributed by atoms with Crippen molar-refractivity contribution in [2.45, 2.75) is 339 Å². The van der Waals surface area contributed by atoms with Gasteiger partial charge in [-0.05, 0) is 38.5 Å². The Morgan fingerprint density at radius 1 is 0.507 bits per heavy atom. The SMILES string of the molecule is CC/C=C\C/C=C\CCCCCCCCCCCCCCCC(O)C(=O)NC(COC1OC(CO)C(O)C(O)C1O)C(O)C(O)CCCCCCCCCCCCCCCCCCCCCCCCCC. The van der Waals surface area contributed by atoms with E-state index in [1.807, 2.05) is 0 Å². The molecular weight excluding hydrogens is 895 g/mol. The second-order valence-corrected chi connectivity index (χ2v) is 21.4. The third-order valence-corrected chi connectivity index (χ3v) is 14.8. The van der Waals surface area contributed by atoms with E-state index in [9.17, 15) is 40.5 Å². The molecule has 9 unspecified atom stereocenters. The van der Waals surface area contributed by atoms with Crippen LogP contribution in [0.4, 0.5) is 0 Å². The van der Waals surface area contributed by atoms with Crippen LogP contribution in [0.2, 0.25) is 0 Å². The highest BCUT2D eigenvalue weighted by Crippen LogP contribution is 2.24. The summed E-state index contributed by atoms with van der Waals surface area (Å²) in [6.07, 6.45) is 48.0. The Kier molecular flexibility index (Phi) is 47.1. The third-order valence-electron chi connectivity index (χ3n) is 14.8. The topological polar surface area (TPSA) is 189 Å². The number of carbonyl (C=O) groups is 1. The molecule has 1 rings (SSSR count). The van der Waals surface area contributed by atoms with Gasteiger partial charge in [-0.1, -0.05) is 269 Å². The largest absolute Gasteiger partial charge is 0.394 e. The Morgan fingerprint density at radius 3 is 1.32 bits per heavy atom. The molecule has 1 fully saturated rings. The first-order valence-electron chi connectivity index (χ1n) is 30.2. The standard InChI is InChI=1S/C60H115NO10/c1-3-5-7-9-11-13-15-17-19-21-23-25-26-27-28-30-31-33-35-37-39-41-43-45-47-52(63)55(65)51(50-70-60-58(68)57(67)56(66)54(49-62)71-60)61-59(69)53(64)48-46-44-42-40-38-36-34-32-29-24-22-20-18-16-14-12-10-8-6-4-2/h6,8,12,14,51-58,60,62-68H,3-5,7,9-11,13,15-50H2,1-2H3,(H,61,69)/b8-6-,14-12-. The van der Waals surface area contributed by atoms with Crippen LogP contribution in [-0.2, 0) is 14.3 Å². The molecule has 11 nitrogen and oxygen atoms in total. The molecule has 71 heavy (non-hydrogen) atoms. The average Bonchev–Trinajstić information content (AvgIpc) is 3.37. The summed E-state index contributed by atoms with van der Waals surface area (Å²) in [7, 11) is 0. The van der Waals surface area contributed by atoms with Gasteiger partial charge in [-0.15, -0.1) is 0 Å². The van der Waals surface area contributed by atoms with E-state index in [1.165, 1.54) is 193 Å². The Balaban J connectivity index is 2.28. The lowest BCUT2D eigenvalue weighted by Gasteiger charge is -2.40. The number of rotatable bonds is 52. The lowest BCUT2D eigenvalue weighted by Crippen LogP contribution is -2.60. The van der Waals surface area contributed by atoms with Crippen LogP contribution in [0.15, 0.2) is 24.3 Å². The maximum Gasteiger partial charge on any atom is 0.249 e. The van der Waals surface area contributed by atoms with Gasteiger partial charge >= 0.3 is 0 Å². The number of hydrogen-bond donors (Lipinski definition) is 8. The van der Waals surface area contributed by atoms with Crippen molar-refractivity contribution in [2.75, 3.05) is 13.2 Å². The fraction of sp³-hybridized carbons (Fsp3) is 0.917. The Labute approximate surface area is 435 Å². The van der Waals surface area contributed by atoms with Crippen LogP contribution in [0.25, 0.3) is 0 Å². The maximum atomic E-state index is 13.2. The predicted molar refractivity (Wildman–Crippen MR) is 293 cm³/mol. The van der Waals surface area contributed by atoms with Crippen molar-refractivity contribution in [3.63, 3.8) is 0 Å². The first kappa shape index (κ1) is 67.6. The van der Waals surface area contributed by atoms with E-state index in [1.54, 1.807) is 0 Å². The summed E-state index contributed by atoms with van der Waals surface area (Å²) < 4.78 is 11.2. The monoisotopic (exact) mass is 1010 g/mol. The normalized spacial score (nSPS) is 20.3. The van der Waals surface area contributed by atoms with Crippen LogP contribution in [0, 0.1) is 0 Å². The van der Waals surface area contributed by atoms with Crippen molar-refractivity contribution in [3.8, 4) is 0 Å². The fourth-order valence-corrected chi connectivity index (χ4v) is 9.89. The average molecular weight is 1010 g/mol. The van der Waals surface area contributed by atoms with Gasteiger partial charge in [0.15, 0.2) is 6.29 Å². The number of nitrogens with one attached hydrogen (secondary N) is 1. The Morgan fingerprint density at radius 2 is 0.901 bits per heavy atom. The van der Waals surface area contributed by atoms with Crippen molar-refractivity contribution < 1.29 is 50.0 Å². The summed E-state index contributed by atoms with van der Waals surface area (Å²) >= 11 is 0. The van der Waals surface area contributed by atoms with Crippen LogP contribution in [0.5, 0.6) is 0 Å². The number of carbonyl (C=O) groups excluding carboxylic acids is 1. The van der Waals surface area contributed by atoms with Gasteiger partial charge < -0.3 is 50.5 Å². The number of hydrogen-bond acceptors (Lipinski definition) is 10. The van der Waals surface area contributed by atoms with Gasteiger partial charge in [0.1, 0.15) is 36.6 Å². The van der Waals surface area contributed by atoms with Crippen LogP contribution in [0.1, 0.15) is 284 Å². The zero-order valence-electron chi connectivity index (χ0n) is 46.0. The lowest BCUT2D eigenvalue weighted by molar-refractivity contribution is -0.303. The number of allylic oxidation sites excluding steroid dienone is 4. The molecule has 0 saturated carbocycles. The molecule has 1 aliphatic heterocycles. The molecule has 0 aromatic heterocycles. The Hall–Kier alpha value is -1.41. The first-order valence-corrected chi connectivity index (χ1v) is 30.2. The minimum atomic E-state index is -1.66. The molecule has 420 valence electrons. The third kappa shape index (κ3) is 37.9. The maximum absolute atomic E-state index is 13.2. The second kappa shape index (κ2) is 49.5. The number of amides is 1. The summed E-state index contributed by atoms with van der Waals surface area (Å²) in [5.74, 6) is -0.694. The zero-order chi connectivity index (χ0) is 51.8. The molecule has 0 spiro atoms. The second-order valence-electron chi connectivity index (χ2n) is 21.4. The van der Waals surface area contributed by atoms with Crippen molar-refractivity contribution in [2.24, 2.45) is 0 Å². The van der Waals surface area contributed by atoms with E-state index >= 15 is 0 Å². The van der Waals surface area contributed by atoms with E-state index in [4.69, 9.17) is 9.47 Å². The van der Waals surface area contributed by atoms with Crippen LogP contribution in [-0.4, -0.2) is 110 Å². The molecule has 8 N–H and O–H groups in total. The van der Waals surface area contributed by atoms with Crippen LogP contribution in [0.3, 0.4) is 0 Å². The molecule has 1 amide bonds. The molecule has 1 aliphatic rings. The Bertz CT molecular complexity index is 1200. The summed E-state index contributed by atoms with van der Waals surface area (Å²) in [6, 6.07) is -1.17. The summed E-state index contributed by atoms with van der Waals surface area (Å²) in [5, 5.41) is 76.3. The summed E-state index contributed by atoms with van der Waals surface area (Å²) in [6.45, 7) is 3.39. The van der Waals surface area contributed by atoms with Gasteiger partial charge in [-0.2, -0.15) is 0 Å². The molecule has 0 aromatic carbocycles. The van der Waals surface area contributed by atoms with Crippen molar-refractivity contribution in [3.05, 3.63) is 24.3 Å². The van der Waals surface area contributed by atoms with Crippen molar-refractivity contribution >= 4 is 5.91 Å². The van der Waals surface area contributed by atoms with Crippen molar-refractivity contribution in [1.29, 1.82) is 0 Å². The molecule has 9 atom stereocenters. The van der Waals surface area contributed by atoms with Gasteiger partial charge in [0.05, 0.1) is 25.4 Å². The van der Waals surface area contributed by atoms with Gasteiger partial charge in [-0.25, -0.2) is 0 Å². The number of unbranched alkanes of at least 4 members (excludes halogenated alkanes) is 36. The van der Waals surface area contributed by atoms with Gasteiger partial charge in [-0.3, -0.25) is 4.79 Å². The predicted octanol–water partition coefficient (Wildman–Crippen LogP) is 12.9. The minimum absolute atomic E-state index is 0.261. The van der Waals surface area contributed by atoms with E-state index < -0.39 is 74.2 Å². The van der Waals surface area contributed by atoms with Gasteiger partial charge in [0, 0.05) is 0 Å². The van der Waals surface area contributed by atoms with Gasteiger partial charge in [0.2, 0.25) is 5.91 Å². The fourth-order valence-electron chi connectivity index (χ4n) is 9.89. The number of aliphatic hydroxyl groups is 7. The van der Waals surface area contributed by atoms with E-state index in [0.29, 0.717) is 19.3 Å². The lowest BCUT2D eigenvalue weighted by atomic mass is 9.98. The smallest absolute Gasteiger partial charge is 0.249 e. The highest BCUT2D eigenvalue weighted by Gasteiger charge is 2.44. The molecule has 0 aromatic rings. The molecule has 0 bridgehead atoms. The number of aliphatic hydroxyl groups excluding tert-OH is 7. The molecule has 0 radical (unpaired) electrons. The zero-order valence-corrected chi connectivity index (χ0v) is 46.0. The summed E-state index contributed by atoms with van der Waals surface area (Å²) in [4.78, 5) is 13.2. The minimum Gasteiger partial charge on any atom is -0.394 e. The number of ether oxygens (including phenoxy) is 2.